The number of carbonyl (C=O) groups excluding carboxylic acids is 2. The summed E-state index contributed by atoms with van der Waals surface area (Å²) in [5.74, 6) is 0.437. The Labute approximate surface area is 235 Å². The molecule has 2 fully saturated rings. The molecule has 8 nitrogen and oxygen atoms in total. The van der Waals surface area contributed by atoms with Gasteiger partial charge in [0.05, 0.1) is 36.7 Å². The molecule has 3 aromatic heterocycles. The standard InChI is InChI=1S/C30H31F3N6O2/c31-30(32,33)9-6-26(40)13-21-2-1-3-22(12-21)27-18-34-28-15-23(16-36-39(27)28)24-17-35-38(19-24)25-7-10-37(11-8-25)29(41)14-20-4-5-20/h1-3,12,15-20,25H,4-11,13-14H2. The maximum Gasteiger partial charge on any atom is 0.389 e. The summed E-state index contributed by atoms with van der Waals surface area (Å²) >= 11 is 0. The van der Waals surface area contributed by atoms with Gasteiger partial charge >= 0.3 is 6.18 Å². The molecular weight excluding hydrogens is 533 g/mol. The van der Waals surface area contributed by atoms with Crippen molar-refractivity contribution in [3.05, 3.63) is 60.7 Å². The molecule has 4 heterocycles. The first-order valence-corrected chi connectivity index (χ1v) is 14.1. The molecule has 6 rings (SSSR count). The van der Waals surface area contributed by atoms with E-state index in [2.05, 4.69) is 15.2 Å². The van der Waals surface area contributed by atoms with Gasteiger partial charge in [-0.25, -0.2) is 9.50 Å². The van der Waals surface area contributed by atoms with E-state index >= 15 is 0 Å². The van der Waals surface area contributed by atoms with Crippen LogP contribution in [-0.2, 0) is 16.0 Å². The summed E-state index contributed by atoms with van der Waals surface area (Å²) in [5, 5.41) is 9.21. The molecule has 0 N–H and O–H groups in total. The minimum absolute atomic E-state index is 0.0575. The van der Waals surface area contributed by atoms with Crippen LogP contribution in [0.1, 0.15) is 56.6 Å². The van der Waals surface area contributed by atoms with Crippen molar-refractivity contribution in [3.8, 4) is 22.4 Å². The zero-order chi connectivity index (χ0) is 28.6. The normalized spacial score (nSPS) is 16.4. The van der Waals surface area contributed by atoms with Gasteiger partial charge in [0.1, 0.15) is 5.78 Å². The third kappa shape index (κ3) is 6.49. The topological polar surface area (TPSA) is 85.4 Å². The molecule has 0 spiro atoms. The van der Waals surface area contributed by atoms with Gasteiger partial charge in [-0.3, -0.25) is 14.3 Å². The molecule has 0 atom stereocenters. The summed E-state index contributed by atoms with van der Waals surface area (Å²) in [6, 6.07) is 9.34. The van der Waals surface area contributed by atoms with Crippen LogP contribution in [0.4, 0.5) is 13.2 Å². The highest BCUT2D eigenvalue weighted by Gasteiger charge is 2.30. The lowest BCUT2D eigenvalue weighted by Crippen LogP contribution is -2.39. The summed E-state index contributed by atoms with van der Waals surface area (Å²) in [6.45, 7) is 1.53. The second-order valence-electron chi connectivity index (χ2n) is 11.2. The quantitative estimate of drug-likeness (QED) is 0.261. The summed E-state index contributed by atoms with van der Waals surface area (Å²) < 4.78 is 41.1. The molecular formula is C30H31F3N6O2. The number of hydrogen-bond donors (Lipinski definition) is 0. The molecule has 1 aliphatic carbocycles. The Morgan fingerprint density at radius 2 is 1.71 bits per heavy atom. The Bertz CT molecular complexity index is 1560. The molecule has 214 valence electrons. The Morgan fingerprint density at radius 1 is 0.927 bits per heavy atom. The number of likely N-dealkylation sites (tertiary alicyclic amines) is 1. The number of benzene rings is 1. The molecule has 1 saturated carbocycles. The number of nitrogens with zero attached hydrogens (tertiary/aromatic N) is 6. The van der Waals surface area contributed by atoms with Crippen LogP contribution < -0.4 is 0 Å². The summed E-state index contributed by atoms with van der Waals surface area (Å²) in [6.07, 6.45) is 6.08. The van der Waals surface area contributed by atoms with Gasteiger partial charge in [-0.2, -0.15) is 23.4 Å². The van der Waals surface area contributed by atoms with Gasteiger partial charge in [-0.15, -0.1) is 0 Å². The average molecular weight is 565 g/mol. The SMILES string of the molecule is O=C(CCC(F)(F)F)Cc1cccc(-c2cnc3cc(-c4cnn(C5CCN(C(=O)CC6CC6)CC5)c4)cnn23)c1. The number of amides is 1. The maximum absolute atomic E-state index is 12.5. The number of alkyl halides is 3. The number of hydrogen-bond acceptors (Lipinski definition) is 5. The second kappa shape index (κ2) is 11.1. The van der Waals surface area contributed by atoms with Gasteiger partial charge in [-0.05, 0) is 49.3 Å². The lowest BCUT2D eigenvalue weighted by atomic mass is 10.0. The van der Waals surface area contributed by atoms with E-state index in [1.165, 1.54) is 12.8 Å². The Morgan fingerprint density at radius 3 is 2.46 bits per heavy atom. The van der Waals surface area contributed by atoms with Gasteiger partial charge in [0.15, 0.2) is 5.65 Å². The monoisotopic (exact) mass is 564 g/mol. The maximum atomic E-state index is 12.5. The van der Waals surface area contributed by atoms with E-state index < -0.39 is 24.8 Å². The van der Waals surface area contributed by atoms with Crippen molar-refractivity contribution in [3.63, 3.8) is 0 Å². The van der Waals surface area contributed by atoms with Gasteiger partial charge in [0.25, 0.3) is 0 Å². The molecule has 1 saturated heterocycles. The fourth-order valence-electron chi connectivity index (χ4n) is 5.43. The first kappa shape index (κ1) is 27.2. The number of rotatable bonds is 9. The summed E-state index contributed by atoms with van der Waals surface area (Å²) in [7, 11) is 0. The number of Topliss-reactive ketones (excluding diaryl/α,β-unsaturated/α-hetero) is 1. The van der Waals surface area contributed by atoms with Crippen LogP contribution >= 0.6 is 0 Å². The first-order chi connectivity index (χ1) is 19.7. The zero-order valence-electron chi connectivity index (χ0n) is 22.6. The summed E-state index contributed by atoms with van der Waals surface area (Å²) in [5.41, 5.74) is 4.58. The fraction of sp³-hybridized carbons (Fsp3) is 0.433. The summed E-state index contributed by atoms with van der Waals surface area (Å²) in [4.78, 5) is 31.0. The van der Waals surface area contributed by atoms with Gasteiger partial charge in [-0.1, -0.05) is 18.2 Å². The number of fused-ring (bicyclic) bond motifs is 1. The third-order valence-electron chi connectivity index (χ3n) is 7.96. The van der Waals surface area contributed by atoms with Crippen molar-refractivity contribution >= 4 is 17.3 Å². The Balaban J connectivity index is 1.12. The number of piperidine rings is 1. The van der Waals surface area contributed by atoms with E-state index in [0.29, 0.717) is 23.5 Å². The lowest BCUT2D eigenvalue weighted by Gasteiger charge is -2.32. The van der Waals surface area contributed by atoms with Crippen LogP contribution in [0.25, 0.3) is 28.0 Å². The minimum atomic E-state index is -4.34. The van der Waals surface area contributed by atoms with Crippen molar-refractivity contribution in [1.82, 2.24) is 29.3 Å². The van der Waals surface area contributed by atoms with Gasteiger partial charge in [0.2, 0.25) is 5.91 Å². The minimum Gasteiger partial charge on any atom is -0.343 e. The molecule has 0 radical (unpaired) electrons. The van der Waals surface area contributed by atoms with Crippen LogP contribution in [-0.4, -0.2) is 60.2 Å². The van der Waals surface area contributed by atoms with Gasteiger partial charge in [0, 0.05) is 55.2 Å². The number of ketones is 1. The van der Waals surface area contributed by atoms with Crippen LogP contribution in [0.5, 0.6) is 0 Å². The molecule has 1 aromatic carbocycles. The molecule has 2 aliphatic rings. The average Bonchev–Trinajstić information content (AvgIpc) is 3.45. The Kier molecular flexibility index (Phi) is 7.35. The molecule has 41 heavy (non-hydrogen) atoms. The fourth-order valence-corrected chi connectivity index (χ4v) is 5.43. The third-order valence-corrected chi connectivity index (χ3v) is 7.96. The van der Waals surface area contributed by atoms with Crippen molar-refractivity contribution in [2.75, 3.05) is 13.1 Å². The predicted octanol–water partition coefficient (Wildman–Crippen LogP) is 5.68. The van der Waals surface area contributed by atoms with Crippen LogP contribution in [0.15, 0.2) is 55.1 Å². The highest BCUT2D eigenvalue weighted by Crippen LogP contribution is 2.34. The van der Waals surface area contributed by atoms with Crippen molar-refractivity contribution in [2.24, 2.45) is 5.92 Å². The number of carbonyl (C=O) groups is 2. The van der Waals surface area contributed by atoms with E-state index in [1.807, 2.05) is 34.1 Å². The van der Waals surface area contributed by atoms with E-state index in [0.717, 1.165) is 48.3 Å². The number of halogens is 3. The molecule has 0 bridgehead atoms. The van der Waals surface area contributed by atoms with E-state index in [4.69, 9.17) is 0 Å². The highest BCUT2D eigenvalue weighted by molar-refractivity contribution is 5.81. The highest BCUT2D eigenvalue weighted by atomic mass is 19.4. The number of imidazole rings is 1. The van der Waals surface area contributed by atoms with Crippen LogP contribution in [0.2, 0.25) is 0 Å². The first-order valence-electron chi connectivity index (χ1n) is 14.1. The van der Waals surface area contributed by atoms with Crippen molar-refractivity contribution in [2.45, 2.75) is 63.6 Å². The largest absolute Gasteiger partial charge is 0.389 e. The smallest absolute Gasteiger partial charge is 0.343 e. The molecule has 1 amide bonds. The molecule has 11 heteroatoms. The van der Waals surface area contributed by atoms with Crippen LogP contribution in [0.3, 0.4) is 0 Å². The molecule has 4 aromatic rings. The zero-order valence-corrected chi connectivity index (χ0v) is 22.6. The van der Waals surface area contributed by atoms with Crippen molar-refractivity contribution < 1.29 is 22.8 Å². The van der Waals surface area contributed by atoms with E-state index in [9.17, 15) is 22.8 Å². The van der Waals surface area contributed by atoms with Crippen LogP contribution in [0, 0.1) is 5.92 Å². The predicted molar refractivity (Wildman–Crippen MR) is 146 cm³/mol. The second-order valence-corrected chi connectivity index (χ2v) is 11.2. The van der Waals surface area contributed by atoms with Crippen molar-refractivity contribution in [1.29, 1.82) is 0 Å². The lowest BCUT2D eigenvalue weighted by molar-refractivity contribution is -0.143. The van der Waals surface area contributed by atoms with Gasteiger partial charge < -0.3 is 4.90 Å². The van der Waals surface area contributed by atoms with E-state index in [-0.39, 0.29) is 18.4 Å². The van der Waals surface area contributed by atoms with E-state index in [1.54, 1.807) is 35.1 Å². The Hall–Kier alpha value is -4.02. The molecule has 0 unspecified atom stereocenters. The molecule has 1 aliphatic heterocycles. The number of aromatic nitrogens is 5.